The number of para-hydroxylation sites is 1. The van der Waals surface area contributed by atoms with Gasteiger partial charge in [0.25, 0.3) is 5.91 Å². The van der Waals surface area contributed by atoms with E-state index in [1.165, 1.54) is 0 Å². The van der Waals surface area contributed by atoms with Gasteiger partial charge in [0.2, 0.25) is 15.9 Å². The molecule has 10 heteroatoms. The van der Waals surface area contributed by atoms with E-state index in [2.05, 4.69) is 15.2 Å². The van der Waals surface area contributed by atoms with Crippen LogP contribution in [-0.4, -0.2) is 49.1 Å². The third-order valence-corrected chi connectivity index (χ3v) is 6.43. The second-order valence-electron chi connectivity index (χ2n) is 8.49. The van der Waals surface area contributed by atoms with Gasteiger partial charge in [-0.2, -0.15) is 0 Å². The van der Waals surface area contributed by atoms with Gasteiger partial charge >= 0.3 is 0 Å². The summed E-state index contributed by atoms with van der Waals surface area (Å²) in [6.07, 6.45) is 2.64. The number of aromatic nitrogens is 2. The third kappa shape index (κ3) is 4.87. The molecule has 0 spiro atoms. The number of hydrogen-bond acceptors (Lipinski definition) is 6. The maximum absolute atomic E-state index is 12.5. The fourth-order valence-electron chi connectivity index (χ4n) is 4.02. The minimum atomic E-state index is -3.63. The van der Waals surface area contributed by atoms with Crippen LogP contribution in [0, 0.1) is 5.92 Å². The van der Waals surface area contributed by atoms with Crippen LogP contribution in [0.15, 0.2) is 79.1 Å². The van der Waals surface area contributed by atoms with Gasteiger partial charge in [-0.1, -0.05) is 18.2 Å². The lowest BCUT2D eigenvalue weighted by Gasteiger charge is -2.40. The standard InChI is InChI=1S/C25H23N5O4S/c1-35(33,34)28-25(32)17-7-9-20(10-8-17)30-16-26-22-12-11-21(13-23(22)30)29-14-18(15-29)24(31)27-19-5-3-2-4-6-19/h2-13,16,18H,14-15H2,1H3,(H,27,31)(H,28,32). The number of fused-ring (bicyclic) bond motifs is 1. The van der Waals surface area contributed by atoms with E-state index in [4.69, 9.17) is 0 Å². The molecule has 1 aliphatic rings. The van der Waals surface area contributed by atoms with E-state index in [0.29, 0.717) is 13.1 Å². The highest BCUT2D eigenvalue weighted by atomic mass is 32.2. The Kier molecular flexibility index (Phi) is 5.73. The predicted molar refractivity (Wildman–Crippen MR) is 134 cm³/mol. The van der Waals surface area contributed by atoms with E-state index in [9.17, 15) is 18.0 Å². The van der Waals surface area contributed by atoms with Crippen LogP contribution >= 0.6 is 0 Å². The van der Waals surface area contributed by atoms with Crippen LogP contribution in [0.25, 0.3) is 16.7 Å². The van der Waals surface area contributed by atoms with Gasteiger partial charge in [0.05, 0.1) is 23.2 Å². The molecule has 0 bridgehead atoms. The number of carbonyl (C=O) groups excluding carboxylic acids is 2. The second-order valence-corrected chi connectivity index (χ2v) is 10.2. The highest BCUT2D eigenvalue weighted by Gasteiger charge is 2.33. The molecule has 1 aliphatic heterocycles. The van der Waals surface area contributed by atoms with Crippen LogP contribution in [-0.2, 0) is 14.8 Å². The molecular formula is C25H23N5O4S. The normalized spacial score (nSPS) is 13.9. The van der Waals surface area contributed by atoms with E-state index < -0.39 is 15.9 Å². The fraction of sp³-hybridized carbons (Fsp3) is 0.160. The minimum Gasteiger partial charge on any atom is -0.370 e. The zero-order valence-electron chi connectivity index (χ0n) is 18.9. The average Bonchev–Trinajstić information content (AvgIpc) is 3.21. The molecular weight excluding hydrogens is 466 g/mol. The Morgan fingerprint density at radius 1 is 0.943 bits per heavy atom. The zero-order valence-corrected chi connectivity index (χ0v) is 19.7. The molecule has 9 nitrogen and oxygen atoms in total. The number of carbonyl (C=O) groups is 2. The highest BCUT2D eigenvalue weighted by Crippen LogP contribution is 2.29. The molecule has 5 rings (SSSR count). The molecule has 2 amide bonds. The van der Waals surface area contributed by atoms with Crippen LogP contribution in [0.4, 0.5) is 11.4 Å². The summed E-state index contributed by atoms with van der Waals surface area (Å²) in [5, 5.41) is 2.96. The Morgan fingerprint density at radius 2 is 1.63 bits per heavy atom. The number of sulfonamides is 1. The quantitative estimate of drug-likeness (QED) is 0.431. The third-order valence-electron chi connectivity index (χ3n) is 5.88. The SMILES string of the molecule is CS(=O)(=O)NC(=O)c1ccc(-n2cnc3ccc(N4CC(C(=O)Nc5ccccc5)C4)cc32)cc1. The Labute approximate surface area is 202 Å². The molecule has 0 aliphatic carbocycles. The number of nitrogens with one attached hydrogen (secondary N) is 2. The summed E-state index contributed by atoms with van der Waals surface area (Å²) in [5.41, 5.74) is 4.50. The van der Waals surface area contributed by atoms with Gasteiger partial charge in [-0.25, -0.2) is 18.1 Å². The topological polar surface area (TPSA) is 113 Å². The average molecular weight is 490 g/mol. The predicted octanol–water partition coefficient (Wildman–Crippen LogP) is 2.79. The number of anilines is 2. The summed E-state index contributed by atoms with van der Waals surface area (Å²) in [6, 6.07) is 22.0. The first-order chi connectivity index (χ1) is 16.8. The number of hydrogen-bond donors (Lipinski definition) is 2. The van der Waals surface area contributed by atoms with Crippen LogP contribution in [0.3, 0.4) is 0 Å². The molecule has 2 heterocycles. The van der Waals surface area contributed by atoms with E-state index in [1.807, 2.05) is 57.8 Å². The van der Waals surface area contributed by atoms with Crippen molar-refractivity contribution in [2.45, 2.75) is 0 Å². The van der Waals surface area contributed by atoms with Crippen molar-refractivity contribution in [1.82, 2.24) is 14.3 Å². The Hall–Kier alpha value is -4.18. The molecule has 1 aromatic heterocycles. The first kappa shape index (κ1) is 22.6. The summed E-state index contributed by atoms with van der Waals surface area (Å²) in [4.78, 5) is 31.2. The van der Waals surface area contributed by atoms with Crippen molar-refractivity contribution in [1.29, 1.82) is 0 Å². The largest absolute Gasteiger partial charge is 0.370 e. The van der Waals surface area contributed by atoms with Crippen LogP contribution in [0.1, 0.15) is 10.4 Å². The van der Waals surface area contributed by atoms with Crippen molar-refractivity contribution in [3.63, 3.8) is 0 Å². The zero-order chi connectivity index (χ0) is 24.6. The summed E-state index contributed by atoms with van der Waals surface area (Å²) < 4.78 is 26.5. The van der Waals surface area contributed by atoms with E-state index in [-0.39, 0.29) is 17.4 Å². The Morgan fingerprint density at radius 3 is 2.31 bits per heavy atom. The van der Waals surface area contributed by atoms with Crippen molar-refractivity contribution in [2.75, 3.05) is 29.6 Å². The molecule has 2 N–H and O–H groups in total. The lowest BCUT2D eigenvalue weighted by atomic mass is 9.98. The number of imidazole rings is 1. The molecule has 1 saturated heterocycles. The highest BCUT2D eigenvalue weighted by molar-refractivity contribution is 7.89. The lowest BCUT2D eigenvalue weighted by Crippen LogP contribution is -2.52. The molecule has 4 aromatic rings. The van der Waals surface area contributed by atoms with Gasteiger partial charge in [-0.05, 0) is 54.6 Å². The van der Waals surface area contributed by atoms with Crippen LogP contribution in [0.5, 0.6) is 0 Å². The molecule has 0 radical (unpaired) electrons. The van der Waals surface area contributed by atoms with Gasteiger partial charge in [0.1, 0.15) is 6.33 Å². The Bertz CT molecular complexity index is 1510. The van der Waals surface area contributed by atoms with Gasteiger partial charge in [0, 0.05) is 35.7 Å². The smallest absolute Gasteiger partial charge is 0.264 e. The van der Waals surface area contributed by atoms with Crippen molar-refractivity contribution in [2.24, 2.45) is 5.92 Å². The number of rotatable bonds is 6. The van der Waals surface area contributed by atoms with Crippen molar-refractivity contribution >= 4 is 44.2 Å². The molecule has 0 atom stereocenters. The second kappa shape index (κ2) is 8.88. The van der Waals surface area contributed by atoms with Crippen LogP contribution < -0.4 is 14.9 Å². The van der Waals surface area contributed by atoms with Crippen molar-refractivity contribution in [3.05, 3.63) is 84.7 Å². The maximum Gasteiger partial charge on any atom is 0.264 e. The van der Waals surface area contributed by atoms with Crippen LogP contribution in [0.2, 0.25) is 0 Å². The van der Waals surface area contributed by atoms with E-state index in [1.54, 1.807) is 30.6 Å². The summed E-state index contributed by atoms with van der Waals surface area (Å²) in [6.45, 7) is 1.25. The number of benzene rings is 3. The first-order valence-electron chi connectivity index (χ1n) is 11.0. The van der Waals surface area contributed by atoms with E-state index in [0.717, 1.165) is 34.4 Å². The van der Waals surface area contributed by atoms with Gasteiger partial charge in [0.15, 0.2) is 0 Å². The fourth-order valence-corrected chi connectivity index (χ4v) is 4.47. The molecule has 0 unspecified atom stereocenters. The summed E-state index contributed by atoms with van der Waals surface area (Å²) in [5.74, 6) is -0.750. The van der Waals surface area contributed by atoms with Gasteiger partial charge < -0.3 is 10.2 Å². The number of nitrogens with zero attached hydrogens (tertiary/aromatic N) is 3. The number of amides is 2. The molecule has 35 heavy (non-hydrogen) atoms. The lowest BCUT2D eigenvalue weighted by molar-refractivity contribution is -0.120. The van der Waals surface area contributed by atoms with Gasteiger partial charge in [-0.15, -0.1) is 0 Å². The summed E-state index contributed by atoms with van der Waals surface area (Å²) >= 11 is 0. The Balaban J connectivity index is 1.30. The molecule has 3 aromatic carbocycles. The minimum absolute atomic E-state index is 0.0126. The van der Waals surface area contributed by atoms with Crippen molar-refractivity contribution in [3.8, 4) is 5.69 Å². The molecule has 178 valence electrons. The maximum atomic E-state index is 12.5. The molecule has 1 fully saturated rings. The van der Waals surface area contributed by atoms with Gasteiger partial charge in [-0.3, -0.25) is 14.2 Å². The summed E-state index contributed by atoms with van der Waals surface area (Å²) in [7, 11) is -3.63. The molecule has 0 saturated carbocycles. The first-order valence-corrected chi connectivity index (χ1v) is 12.9. The van der Waals surface area contributed by atoms with E-state index >= 15 is 0 Å². The monoisotopic (exact) mass is 489 g/mol. The van der Waals surface area contributed by atoms with Crippen molar-refractivity contribution < 1.29 is 18.0 Å².